The van der Waals surface area contributed by atoms with Gasteiger partial charge in [-0.05, 0) is 28.6 Å². The molecule has 2 unspecified atom stereocenters. The van der Waals surface area contributed by atoms with Crippen LogP contribution in [0, 0.1) is 5.41 Å². The van der Waals surface area contributed by atoms with Crippen molar-refractivity contribution in [3.63, 3.8) is 0 Å². The standard InChI is InChI=1S/C23H29NO3SSi/c1-23(2,3)22(21-15-14-18-16-17-28(25,26)24(18)21)27-29(19-10-6-4-7-11-19)20-12-8-5-9-13-20/h4-13,16-18,21-22,29H,14-15H2,1-3H3/t18?,21-,22?/m0/s1. The first kappa shape index (κ1) is 20.5. The Labute approximate surface area is 176 Å². The Bertz CT molecular complexity index is 931. The fraction of sp³-hybridized carbons (Fsp3) is 0.391. The van der Waals surface area contributed by atoms with Crippen LogP contribution < -0.4 is 10.4 Å². The van der Waals surface area contributed by atoms with Crippen molar-refractivity contribution in [2.75, 3.05) is 0 Å². The number of rotatable bonds is 5. The Morgan fingerprint density at radius 1 is 0.966 bits per heavy atom. The molecule has 0 radical (unpaired) electrons. The number of nitrogens with zero attached hydrogens (tertiary/aromatic N) is 1. The zero-order valence-electron chi connectivity index (χ0n) is 17.2. The molecule has 2 aromatic rings. The number of hydrogen-bond donors (Lipinski definition) is 0. The van der Waals surface area contributed by atoms with E-state index in [0.717, 1.165) is 12.8 Å². The molecule has 2 aliphatic rings. The average Bonchev–Trinajstić information content (AvgIpc) is 3.24. The molecule has 0 amide bonds. The highest BCUT2D eigenvalue weighted by atomic mass is 32.2. The summed E-state index contributed by atoms with van der Waals surface area (Å²) in [5.74, 6) is 0. The third-order valence-electron chi connectivity index (χ3n) is 5.87. The molecule has 0 N–H and O–H groups in total. The van der Waals surface area contributed by atoms with Crippen molar-refractivity contribution < 1.29 is 12.8 Å². The second-order valence-electron chi connectivity index (χ2n) is 9.04. The summed E-state index contributed by atoms with van der Waals surface area (Å²) < 4.78 is 34.1. The van der Waals surface area contributed by atoms with Crippen molar-refractivity contribution in [1.82, 2.24) is 4.31 Å². The Hall–Kier alpha value is -1.73. The summed E-state index contributed by atoms with van der Waals surface area (Å²) in [5.41, 5.74) is -0.188. The van der Waals surface area contributed by atoms with Gasteiger partial charge in [-0.2, -0.15) is 4.31 Å². The summed E-state index contributed by atoms with van der Waals surface area (Å²) in [5, 5.41) is 3.79. The molecule has 0 aliphatic carbocycles. The molecule has 2 aromatic carbocycles. The van der Waals surface area contributed by atoms with Crippen LogP contribution in [0.2, 0.25) is 0 Å². The van der Waals surface area contributed by atoms with E-state index in [4.69, 9.17) is 4.43 Å². The lowest BCUT2D eigenvalue weighted by Crippen LogP contribution is -2.56. The summed E-state index contributed by atoms with van der Waals surface area (Å²) >= 11 is 0. The fourth-order valence-electron chi connectivity index (χ4n) is 4.57. The minimum absolute atomic E-state index is 0.0213. The van der Waals surface area contributed by atoms with E-state index in [-0.39, 0.29) is 23.6 Å². The SMILES string of the molecule is CC(C)(C)C(O[SiH](c1ccccc1)c1ccccc1)[C@@H]1CCC2C=CS(=O)(=O)N21. The number of hydrogen-bond acceptors (Lipinski definition) is 3. The van der Waals surface area contributed by atoms with E-state index in [1.807, 2.05) is 42.5 Å². The van der Waals surface area contributed by atoms with Gasteiger partial charge >= 0.3 is 0 Å². The molecule has 2 aliphatic heterocycles. The zero-order valence-corrected chi connectivity index (χ0v) is 19.2. The second kappa shape index (κ2) is 7.83. The van der Waals surface area contributed by atoms with Gasteiger partial charge in [0, 0.05) is 11.4 Å². The summed E-state index contributed by atoms with van der Waals surface area (Å²) in [6, 6.07) is 20.6. The van der Waals surface area contributed by atoms with Crippen molar-refractivity contribution in [3.8, 4) is 0 Å². The first-order chi connectivity index (χ1) is 13.8. The van der Waals surface area contributed by atoms with Gasteiger partial charge in [-0.3, -0.25) is 0 Å². The van der Waals surface area contributed by atoms with Crippen LogP contribution in [0.15, 0.2) is 72.1 Å². The molecular weight excluding hydrogens is 398 g/mol. The number of benzene rings is 2. The molecule has 0 bridgehead atoms. The molecule has 4 rings (SSSR count). The maximum atomic E-state index is 12.7. The zero-order chi connectivity index (χ0) is 20.6. The van der Waals surface area contributed by atoms with Gasteiger partial charge in [0.25, 0.3) is 0 Å². The fourth-order valence-corrected chi connectivity index (χ4v) is 8.96. The van der Waals surface area contributed by atoms with Gasteiger partial charge in [0.1, 0.15) is 0 Å². The second-order valence-corrected chi connectivity index (χ2v) is 13.1. The van der Waals surface area contributed by atoms with Crippen molar-refractivity contribution in [2.24, 2.45) is 5.41 Å². The van der Waals surface area contributed by atoms with Gasteiger partial charge in [0.15, 0.2) is 0 Å². The molecule has 0 saturated carbocycles. The van der Waals surface area contributed by atoms with Crippen molar-refractivity contribution >= 4 is 29.4 Å². The van der Waals surface area contributed by atoms with E-state index < -0.39 is 19.1 Å². The van der Waals surface area contributed by atoms with E-state index >= 15 is 0 Å². The summed E-state index contributed by atoms with van der Waals surface area (Å²) in [6.07, 6.45) is 3.35. The van der Waals surface area contributed by atoms with Crippen LogP contribution in [-0.4, -0.2) is 40.0 Å². The predicted molar refractivity (Wildman–Crippen MR) is 120 cm³/mol. The third kappa shape index (κ3) is 4.12. The van der Waals surface area contributed by atoms with Gasteiger partial charge in [-0.25, -0.2) is 8.42 Å². The van der Waals surface area contributed by atoms with Crippen LogP contribution in [0.5, 0.6) is 0 Å². The van der Waals surface area contributed by atoms with Gasteiger partial charge < -0.3 is 4.43 Å². The third-order valence-corrected chi connectivity index (χ3v) is 10.0. The van der Waals surface area contributed by atoms with Crippen LogP contribution in [0.3, 0.4) is 0 Å². The quantitative estimate of drug-likeness (QED) is 0.689. The maximum Gasteiger partial charge on any atom is 0.240 e. The molecule has 1 saturated heterocycles. The molecule has 3 atom stereocenters. The first-order valence-corrected chi connectivity index (χ1v) is 13.4. The lowest BCUT2D eigenvalue weighted by molar-refractivity contribution is 0.0363. The Morgan fingerprint density at radius 2 is 1.52 bits per heavy atom. The number of sulfonamides is 1. The van der Waals surface area contributed by atoms with Crippen LogP contribution in [0.25, 0.3) is 0 Å². The van der Waals surface area contributed by atoms with E-state index in [1.165, 1.54) is 15.8 Å². The first-order valence-electron chi connectivity index (χ1n) is 10.2. The lowest BCUT2D eigenvalue weighted by atomic mass is 9.84. The normalized spacial score (nSPS) is 24.7. The number of fused-ring (bicyclic) bond motifs is 1. The monoisotopic (exact) mass is 427 g/mol. The molecule has 29 heavy (non-hydrogen) atoms. The molecule has 0 aromatic heterocycles. The van der Waals surface area contributed by atoms with Crippen molar-refractivity contribution in [2.45, 2.75) is 51.8 Å². The topological polar surface area (TPSA) is 46.6 Å². The minimum Gasteiger partial charge on any atom is -0.406 e. The Kier molecular flexibility index (Phi) is 5.55. The molecule has 1 fully saturated rings. The highest BCUT2D eigenvalue weighted by Crippen LogP contribution is 2.40. The molecule has 6 heteroatoms. The minimum atomic E-state index is -3.36. The largest absolute Gasteiger partial charge is 0.406 e. The van der Waals surface area contributed by atoms with Crippen molar-refractivity contribution in [1.29, 1.82) is 0 Å². The van der Waals surface area contributed by atoms with Crippen LogP contribution in [0.1, 0.15) is 33.6 Å². The Balaban J connectivity index is 1.72. The highest BCUT2D eigenvalue weighted by Gasteiger charge is 2.49. The lowest BCUT2D eigenvalue weighted by Gasteiger charge is -2.41. The van der Waals surface area contributed by atoms with Gasteiger partial charge in [-0.1, -0.05) is 87.5 Å². The molecule has 0 spiro atoms. The van der Waals surface area contributed by atoms with Gasteiger partial charge in [0.2, 0.25) is 19.1 Å². The predicted octanol–water partition coefficient (Wildman–Crippen LogP) is 2.65. The summed E-state index contributed by atoms with van der Waals surface area (Å²) in [7, 11) is -5.34. The van der Waals surface area contributed by atoms with Crippen LogP contribution >= 0.6 is 0 Å². The molecule has 2 heterocycles. The molecular formula is C23H29NO3SSi. The molecule has 4 nitrogen and oxygen atoms in total. The smallest absolute Gasteiger partial charge is 0.240 e. The van der Waals surface area contributed by atoms with E-state index in [2.05, 4.69) is 45.0 Å². The van der Waals surface area contributed by atoms with E-state index in [9.17, 15) is 8.42 Å². The van der Waals surface area contributed by atoms with Crippen LogP contribution in [-0.2, 0) is 14.4 Å². The van der Waals surface area contributed by atoms with Crippen LogP contribution in [0.4, 0.5) is 0 Å². The molecule has 154 valence electrons. The maximum absolute atomic E-state index is 12.7. The highest BCUT2D eigenvalue weighted by molar-refractivity contribution is 7.92. The van der Waals surface area contributed by atoms with Gasteiger partial charge in [-0.15, -0.1) is 0 Å². The van der Waals surface area contributed by atoms with E-state index in [0.29, 0.717) is 0 Å². The van der Waals surface area contributed by atoms with E-state index in [1.54, 1.807) is 4.31 Å². The Morgan fingerprint density at radius 3 is 2.03 bits per heavy atom. The van der Waals surface area contributed by atoms with Crippen molar-refractivity contribution in [3.05, 3.63) is 72.1 Å². The summed E-state index contributed by atoms with van der Waals surface area (Å²) in [6.45, 7) is 6.47. The van der Waals surface area contributed by atoms with Gasteiger partial charge in [0.05, 0.1) is 12.1 Å². The summed E-state index contributed by atoms with van der Waals surface area (Å²) in [4.78, 5) is 0. The average molecular weight is 428 g/mol.